The van der Waals surface area contributed by atoms with Crippen molar-refractivity contribution in [2.24, 2.45) is 0 Å². The maximum atomic E-state index is 13.3. The summed E-state index contributed by atoms with van der Waals surface area (Å²) in [5.41, 5.74) is 5.01. The van der Waals surface area contributed by atoms with E-state index in [0.717, 1.165) is 24.5 Å². The van der Waals surface area contributed by atoms with Gasteiger partial charge < -0.3 is 10.6 Å². The van der Waals surface area contributed by atoms with Crippen molar-refractivity contribution in [1.82, 2.24) is 29.6 Å². The molecule has 0 saturated heterocycles. The summed E-state index contributed by atoms with van der Waals surface area (Å²) in [6, 6.07) is 12.2. The predicted molar refractivity (Wildman–Crippen MR) is 140 cm³/mol. The molecule has 35 heavy (non-hydrogen) atoms. The number of anilines is 2. The summed E-state index contributed by atoms with van der Waals surface area (Å²) in [5, 5.41) is 7.31. The average Bonchev–Trinajstić information content (AvgIpc) is 3.11. The molecular weight excluding hydrogens is 438 g/mol. The third kappa shape index (κ3) is 4.12. The second-order valence-electron chi connectivity index (χ2n) is 10.5. The van der Waals surface area contributed by atoms with E-state index in [9.17, 15) is 4.79 Å². The Bertz CT molecular complexity index is 1460. The first kappa shape index (κ1) is 23.2. The largest absolute Gasteiger partial charge is 0.324 e. The number of hydrogen-bond acceptors (Lipinski definition) is 6. The monoisotopic (exact) mass is 471 g/mol. The highest BCUT2D eigenvalue weighted by molar-refractivity contribution is 5.77. The molecular formula is C27H33N7O. The molecule has 0 bridgehead atoms. The van der Waals surface area contributed by atoms with Gasteiger partial charge in [-0.3, -0.25) is 4.79 Å². The number of hydrogen-bond donors (Lipinski definition) is 2. The molecule has 0 atom stereocenters. The highest BCUT2D eigenvalue weighted by Crippen LogP contribution is 2.32. The first-order valence-electron chi connectivity index (χ1n) is 12.2. The van der Waals surface area contributed by atoms with Gasteiger partial charge in [0.25, 0.3) is 5.56 Å². The molecule has 5 rings (SSSR count). The fourth-order valence-corrected chi connectivity index (χ4v) is 4.84. The third-order valence-corrected chi connectivity index (χ3v) is 6.65. The minimum Gasteiger partial charge on any atom is -0.324 e. The van der Waals surface area contributed by atoms with Crippen molar-refractivity contribution in [2.75, 3.05) is 11.9 Å². The molecule has 0 radical (unpaired) electrons. The smallest absolute Gasteiger partial charge is 0.278 e. The Morgan fingerprint density at radius 2 is 1.89 bits per heavy atom. The van der Waals surface area contributed by atoms with Crippen molar-refractivity contribution < 1.29 is 0 Å². The zero-order chi connectivity index (χ0) is 24.9. The summed E-state index contributed by atoms with van der Waals surface area (Å²) < 4.78 is 3.52. The number of rotatable bonds is 5. The summed E-state index contributed by atoms with van der Waals surface area (Å²) in [4.78, 5) is 27.4. The van der Waals surface area contributed by atoms with Crippen LogP contribution < -0.4 is 16.2 Å². The van der Waals surface area contributed by atoms with Gasteiger partial charge >= 0.3 is 0 Å². The molecule has 0 saturated carbocycles. The van der Waals surface area contributed by atoms with Crippen LogP contribution in [0, 0.1) is 0 Å². The molecule has 1 aromatic carbocycles. The Hall–Kier alpha value is -3.52. The van der Waals surface area contributed by atoms with E-state index >= 15 is 0 Å². The van der Waals surface area contributed by atoms with Crippen LogP contribution >= 0.6 is 0 Å². The second-order valence-corrected chi connectivity index (χ2v) is 10.5. The molecule has 2 N–H and O–H groups in total. The molecule has 0 unspecified atom stereocenters. The molecule has 1 aliphatic heterocycles. The maximum Gasteiger partial charge on any atom is 0.278 e. The SMILES string of the molecule is CC(C)c1cccc(-n2c3nc(Nc4ccc5c(c4)CNCC5(C)C)ncc3c(=O)n2C(C)C)n1. The Balaban J connectivity index is 1.61. The normalized spacial score (nSPS) is 15.1. The van der Waals surface area contributed by atoms with E-state index in [2.05, 4.69) is 61.5 Å². The zero-order valence-corrected chi connectivity index (χ0v) is 21.3. The van der Waals surface area contributed by atoms with Crippen LogP contribution in [0.4, 0.5) is 11.6 Å². The minimum absolute atomic E-state index is 0.0749. The molecule has 182 valence electrons. The van der Waals surface area contributed by atoms with E-state index in [0.29, 0.717) is 22.8 Å². The van der Waals surface area contributed by atoms with Gasteiger partial charge in [0.1, 0.15) is 5.39 Å². The molecule has 0 fully saturated rings. The highest BCUT2D eigenvalue weighted by atomic mass is 16.1. The van der Waals surface area contributed by atoms with Crippen molar-refractivity contribution in [1.29, 1.82) is 0 Å². The van der Waals surface area contributed by atoms with Gasteiger partial charge in [-0.05, 0) is 55.2 Å². The quantitative estimate of drug-likeness (QED) is 0.434. The lowest BCUT2D eigenvalue weighted by molar-refractivity contribution is 0.435. The lowest BCUT2D eigenvalue weighted by Crippen LogP contribution is -2.38. The van der Waals surface area contributed by atoms with Crippen LogP contribution in [0.25, 0.3) is 16.9 Å². The number of nitrogens with zero attached hydrogens (tertiary/aromatic N) is 5. The maximum absolute atomic E-state index is 13.3. The molecule has 0 amide bonds. The van der Waals surface area contributed by atoms with E-state index in [4.69, 9.17) is 9.97 Å². The van der Waals surface area contributed by atoms with Crippen LogP contribution in [-0.2, 0) is 12.0 Å². The van der Waals surface area contributed by atoms with E-state index in [1.165, 1.54) is 11.1 Å². The second kappa shape index (κ2) is 8.61. The molecule has 1 aliphatic rings. The highest BCUT2D eigenvalue weighted by Gasteiger charge is 2.27. The summed E-state index contributed by atoms with van der Waals surface area (Å²) in [6.45, 7) is 14.5. The summed E-state index contributed by atoms with van der Waals surface area (Å²) in [6.07, 6.45) is 1.61. The summed E-state index contributed by atoms with van der Waals surface area (Å²) >= 11 is 0. The zero-order valence-electron chi connectivity index (χ0n) is 21.3. The number of pyridine rings is 1. The number of aromatic nitrogens is 5. The Morgan fingerprint density at radius 3 is 2.63 bits per heavy atom. The molecule has 8 heteroatoms. The van der Waals surface area contributed by atoms with Gasteiger partial charge in [0, 0.05) is 42.1 Å². The van der Waals surface area contributed by atoms with E-state index in [1.54, 1.807) is 10.9 Å². The molecule has 3 aromatic heterocycles. The van der Waals surface area contributed by atoms with Gasteiger partial charge in [0.15, 0.2) is 11.5 Å². The van der Waals surface area contributed by atoms with Crippen molar-refractivity contribution >= 4 is 22.7 Å². The standard InChI is InChI=1S/C27H33N7O/c1-16(2)22-8-7-9-23(31-22)34-24-20(25(35)33(34)17(3)4)14-29-26(32-24)30-19-10-11-21-18(12-19)13-28-15-27(21,5)6/h7-12,14,16-17,28H,13,15H2,1-6H3,(H,29,30,32). The van der Waals surface area contributed by atoms with Crippen molar-refractivity contribution in [3.05, 3.63) is 69.8 Å². The van der Waals surface area contributed by atoms with Gasteiger partial charge in [0.2, 0.25) is 5.95 Å². The summed E-state index contributed by atoms with van der Waals surface area (Å²) in [7, 11) is 0. The van der Waals surface area contributed by atoms with Gasteiger partial charge in [0.05, 0.1) is 0 Å². The van der Waals surface area contributed by atoms with Gasteiger partial charge in [-0.1, -0.05) is 39.8 Å². The van der Waals surface area contributed by atoms with Gasteiger partial charge in [-0.15, -0.1) is 0 Å². The van der Waals surface area contributed by atoms with Crippen LogP contribution in [0.15, 0.2) is 47.4 Å². The van der Waals surface area contributed by atoms with Crippen LogP contribution in [0.2, 0.25) is 0 Å². The molecule has 8 nitrogen and oxygen atoms in total. The van der Waals surface area contributed by atoms with E-state index < -0.39 is 0 Å². The number of fused-ring (bicyclic) bond motifs is 2. The molecule has 0 spiro atoms. The average molecular weight is 472 g/mol. The lowest BCUT2D eigenvalue weighted by atomic mass is 9.79. The van der Waals surface area contributed by atoms with Crippen molar-refractivity contribution in [2.45, 2.75) is 65.5 Å². The van der Waals surface area contributed by atoms with Crippen LogP contribution in [0.3, 0.4) is 0 Å². The third-order valence-electron chi connectivity index (χ3n) is 6.65. The topological polar surface area (TPSA) is 89.7 Å². The predicted octanol–water partition coefficient (Wildman–Crippen LogP) is 4.81. The number of benzene rings is 1. The first-order chi connectivity index (χ1) is 16.7. The Morgan fingerprint density at radius 1 is 1.09 bits per heavy atom. The first-order valence-corrected chi connectivity index (χ1v) is 12.2. The van der Waals surface area contributed by atoms with E-state index in [1.807, 2.05) is 36.7 Å². The van der Waals surface area contributed by atoms with Crippen molar-refractivity contribution in [3.8, 4) is 5.82 Å². The van der Waals surface area contributed by atoms with Gasteiger partial charge in [-0.25, -0.2) is 19.3 Å². The van der Waals surface area contributed by atoms with Crippen LogP contribution in [0.1, 0.15) is 70.3 Å². The van der Waals surface area contributed by atoms with Crippen molar-refractivity contribution in [3.63, 3.8) is 0 Å². The molecule has 4 aromatic rings. The van der Waals surface area contributed by atoms with Crippen LogP contribution in [-0.4, -0.2) is 30.9 Å². The lowest BCUT2D eigenvalue weighted by Gasteiger charge is -2.33. The fraction of sp³-hybridized carbons (Fsp3) is 0.407. The molecule has 4 heterocycles. The Labute approximate surface area is 205 Å². The fourth-order valence-electron chi connectivity index (χ4n) is 4.84. The van der Waals surface area contributed by atoms with Gasteiger partial charge in [-0.2, -0.15) is 4.98 Å². The van der Waals surface area contributed by atoms with Crippen LogP contribution in [0.5, 0.6) is 0 Å². The van der Waals surface area contributed by atoms with E-state index in [-0.39, 0.29) is 22.9 Å². The summed E-state index contributed by atoms with van der Waals surface area (Å²) in [5.74, 6) is 1.38. The molecule has 0 aliphatic carbocycles. The minimum atomic E-state index is -0.125. The number of nitrogens with one attached hydrogen (secondary N) is 2. The Kier molecular flexibility index (Phi) is 5.71.